The van der Waals surface area contributed by atoms with Crippen molar-refractivity contribution >= 4 is 23.4 Å². The van der Waals surface area contributed by atoms with E-state index in [1.165, 1.54) is 12.1 Å². The number of tetrazole rings is 1. The average Bonchev–Trinajstić information content (AvgIpc) is 3.33. The summed E-state index contributed by atoms with van der Waals surface area (Å²) in [5.74, 6) is 2.19. The van der Waals surface area contributed by atoms with E-state index in [1.807, 2.05) is 12.1 Å². The van der Waals surface area contributed by atoms with Crippen LogP contribution in [0.2, 0.25) is 0 Å². The summed E-state index contributed by atoms with van der Waals surface area (Å²) in [5.41, 5.74) is 0.746. The van der Waals surface area contributed by atoms with Crippen molar-refractivity contribution in [1.82, 2.24) is 30.6 Å². The molecule has 0 radical (unpaired) electrons. The van der Waals surface area contributed by atoms with Crippen LogP contribution in [0.15, 0.2) is 59.8 Å². The van der Waals surface area contributed by atoms with E-state index in [0.29, 0.717) is 35.6 Å². The summed E-state index contributed by atoms with van der Waals surface area (Å²) in [7, 11) is 1.67. The number of halogens is 1. The quantitative estimate of drug-likeness (QED) is 0.355. The second-order valence-electron chi connectivity index (χ2n) is 6.76. The first-order valence-corrected chi connectivity index (χ1v) is 10.5. The topological polar surface area (TPSA) is 111 Å². The van der Waals surface area contributed by atoms with Crippen LogP contribution in [0.3, 0.4) is 0 Å². The lowest BCUT2D eigenvalue weighted by Gasteiger charge is -2.15. The fourth-order valence-corrected chi connectivity index (χ4v) is 3.76. The molecule has 164 valence electrons. The van der Waals surface area contributed by atoms with Gasteiger partial charge in [-0.3, -0.25) is 0 Å². The van der Waals surface area contributed by atoms with Gasteiger partial charge in [0.15, 0.2) is 17.4 Å². The van der Waals surface area contributed by atoms with Gasteiger partial charge >= 0.3 is 0 Å². The number of methoxy groups -OCH3 is 1. The van der Waals surface area contributed by atoms with Crippen LogP contribution in [0.5, 0.6) is 11.5 Å². The minimum atomic E-state index is -0.335. The van der Waals surface area contributed by atoms with Gasteiger partial charge in [0, 0.05) is 35.2 Å². The SMILES string of the molecule is COCC(C)Sc1cnc(Nc2ccc(-c3nnn[nH]3)cn2)c(Oc2ccc(F)cc2)c1. The molecule has 0 saturated heterocycles. The number of rotatable bonds is 9. The van der Waals surface area contributed by atoms with Gasteiger partial charge in [-0.25, -0.2) is 19.5 Å². The Morgan fingerprint density at radius 3 is 2.66 bits per heavy atom. The third kappa shape index (κ3) is 5.56. The highest BCUT2D eigenvalue weighted by molar-refractivity contribution is 8.00. The van der Waals surface area contributed by atoms with Gasteiger partial charge in [0.1, 0.15) is 17.4 Å². The molecule has 0 amide bonds. The predicted molar refractivity (Wildman–Crippen MR) is 119 cm³/mol. The number of aromatic nitrogens is 6. The van der Waals surface area contributed by atoms with Crippen molar-refractivity contribution < 1.29 is 13.9 Å². The molecule has 3 heterocycles. The summed E-state index contributed by atoms with van der Waals surface area (Å²) >= 11 is 1.62. The maximum atomic E-state index is 13.3. The van der Waals surface area contributed by atoms with Crippen LogP contribution in [0.4, 0.5) is 16.0 Å². The Kier molecular flexibility index (Phi) is 6.87. The lowest BCUT2D eigenvalue weighted by Crippen LogP contribution is -2.05. The number of anilines is 2. The molecule has 0 bridgehead atoms. The Bertz CT molecular complexity index is 1140. The Balaban J connectivity index is 1.58. The van der Waals surface area contributed by atoms with Crippen molar-refractivity contribution in [1.29, 1.82) is 0 Å². The largest absolute Gasteiger partial charge is 0.453 e. The zero-order chi connectivity index (χ0) is 22.3. The number of nitrogens with one attached hydrogen (secondary N) is 2. The van der Waals surface area contributed by atoms with Gasteiger partial charge in [-0.1, -0.05) is 6.92 Å². The van der Waals surface area contributed by atoms with Gasteiger partial charge in [0.05, 0.1) is 6.61 Å². The molecule has 32 heavy (non-hydrogen) atoms. The summed E-state index contributed by atoms with van der Waals surface area (Å²) in [6, 6.07) is 11.3. The average molecular weight is 454 g/mol. The highest BCUT2D eigenvalue weighted by atomic mass is 32.2. The number of thioether (sulfide) groups is 1. The molecule has 4 aromatic rings. The molecule has 0 spiro atoms. The Labute approximate surface area is 187 Å². The number of nitrogens with zero attached hydrogens (tertiary/aromatic N) is 5. The summed E-state index contributed by atoms with van der Waals surface area (Å²) in [6.07, 6.45) is 3.40. The van der Waals surface area contributed by atoms with Gasteiger partial charge in [0.2, 0.25) is 0 Å². The van der Waals surface area contributed by atoms with Crippen molar-refractivity contribution in [2.24, 2.45) is 0 Å². The zero-order valence-electron chi connectivity index (χ0n) is 17.3. The zero-order valence-corrected chi connectivity index (χ0v) is 18.1. The number of benzene rings is 1. The van der Waals surface area contributed by atoms with E-state index in [0.717, 1.165) is 10.5 Å². The number of pyridine rings is 2. The molecule has 4 rings (SSSR count). The van der Waals surface area contributed by atoms with Crippen LogP contribution in [-0.4, -0.2) is 49.6 Å². The van der Waals surface area contributed by atoms with Gasteiger partial charge in [-0.15, -0.1) is 16.9 Å². The van der Waals surface area contributed by atoms with Gasteiger partial charge in [0.25, 0.3) is 0 Å². The molecule has 1 atom stereocenters. The maximum absolute atomic E-state index is 13.3. The Morgan fingerprint density at radius 2 is 1.97 bits per heavy atom. The standard InChI is InChI=1S/C21H20FN7O2S/c1-13(12-30-2)32-17-9-18(31-16-6-4-15(22)5-7-16)21(24-11-17)25-19-8-3-14(10-23-19)20-26-28-29-27-20/h3-11,13H,12H2,1-2H3,(H,23,24,25)(H,26,27,28,29). The number of H-pyrrole nitrogens is 1. The summed E-state index contributed by atoms with van der Waals surface area (Å²) in [6.45, 7) is 2.67. The lowest BCUT2D eigenvalue weighted by molar-refractivity contribution is 0.203. The first kappa shape index (κ1) is 21.7. The molecular formula is C21H20FN7O2S. The summed E-state index contributed by atoms with van der Waals surface area (Å²) in [5, 5.41) is 17.1. The van der Waals surface area contributed by atoms with E-state index in [9.17, 15) is 4.39 Å². The fourth-order valence-electron chi connectivity index (χ4n) is 2.80. The number of ether oxygens (including phenoxy) is 2. The molecule has 3 aromatic heterocycles. The highest BCUT2D eigenvalue weighted by Crippen LogP contribution is 2.34. The minimum Gasteiger partial charge on any atom is -0.453 e. The van der Waals surface area contributed by atoms with Crippen LogP contribution >= 0.6 is 11.8 Å². The first-order valence-electron chi connectivity index (χ1n) is 9.67. The lowest BCUT2D eigenvalue weighted by atomic mass is 10.2. The van der Waals surface area contributed by atoms with E-state index < -0.39 is 0 Å². The maximum Gasteiger partial charge on any atom is 0.180 e. The van der Waals surface area contributed by atoms with E-state index in [-0.39, 0.29) is 11.1 Å². The van der Waals surface area contributed by atoms with E-state index >= 15 is 0 Å². The summed E-state index contributed by atoms with van der Waals surface area (Å²) in [4.78, 5) is 9.83. The van der Waals surface area contributed by atoms with Gasteiger partial charge < -0.3 is 14.8 Å². The van der Waals surface area contributed by atoms with Crippen molar-refractivity contribution in [3.8, 4) is 22.9 Å². The normalized spacial score (nSPS) is 11.8. The molecule has 0 aliphatic carbocycles. The molecule has 11 heteroatoms. The third-order valence-electron chi connectivity index (χ3n) is 4.24. The molecule has 9 nitrogen and oxygen atoms in total. The molecular weight excluding hydrogens is 433 g/mol. The van der Waals surface area contributed by atoms with Crippen molar-refractivity contribution in [2.45, 2.75) is 17.1 Å². The molecule has 0 aliphatic rings. The van der Waals surface area contributed by atoms with Crippen LogP contribution < -0.4 is 10.1 Å². The highest BCUT2D eigenvalue weighted by Gasteiger charge is 2.13. The number of hydrogen-bond acceptors (Lipinski definition) is 9. The van der Waals surface area contributed by atoms with E-state index in [1.54, 1.807) is 49.5 Å². The van der Waals surface area contributed by atoms with Crippen molar-refractivity contribution in [3.63, 3.8) is 0 Å². The van der Waals surface area contributed by atoms with Gasteiger partial charge in [-0.2, -0.15) is 0 Å². The molecule has 1 aromatic carbocycles. The first-order chi connectivity index (χ1) is 15.6. The monoisotopic (exact) mass is 453 g/mol. The van der Waals surface area contributed by atoms with Crippen LogP contribution in [0, 0.1) is 5.82 Å². The van der Waals surface area contributed by atoms with Gasteiger partial charge in [-0.05, 0) is 52.9 Å². The van der Waals surface area contributed by atoms with E-state index in [2.05, 4.69) is 42.8 Å². The second kappa shape index (κ2) is 10.2. The Hall–Kier alpha value is -3.57. The number of aromatic amines is 1. The summed E-state index contributed by atoms with van der Waals surface area (Å²) < 4.78 is 24.5. The molecule has 0 saturated carbocycles. The van der Waals surface area contributed by atoms with E-state index in [4.69, 9.17) is 9.47 Å². The van der Waals surface area contributed by atoms with Crippen molar-refractivity contribution in [2.75, 3.05) is 19.0 Å². The van der Waals surface area contributed by atoms with Crippen LogP contribution in [0.25, 0.3) is 11.4 Å². The Morgan fingerprint density at radius 1 is 1.12 bits per heavy atom. The second-order valence-corrected chi connectivity index (χ2v) is 8.28. The van der Waals surface area contributed by atoms with Crippen LogP contribution in [0.1, 0.15) is 6.92 Å². The molecule has 2 N–H and O–H groups in total. The molecule has 0 fully saturated rings. The van der Waals surface area contributed by atoms with Crippen LogP contribution in [-0.2, 0) is 4.74 Å². The predicted octanol–water partition coefficient (Wildman–Crippen LogP) is 4.46. The molecule has 0 aliphatic heterocycles. The fraction of sp³-hybridized carbons (Fsp3) is 0.190. The molecule has 1 unspecified atom stereocenters. The smallest absolute Gasteiger partial charge is 0.180 e. The van der Waals surface area contributed by atoms with Crippen molar-refractivity contribution in [3.05, 3.63) is 60.7 Å². The minimum absolute atomic E-state index is 0.235. The number of hydrogen-bond donors (Lipinski definition) is 2. The third-order valence-corrected chi connectivity index (χ3v) is 5.27.